The molecule has 56 heavy (non-hydrogen) atoms. The molecule has 0 radical (unpaired) electrons. The summed E-state index contributed by atoms with van der Waals surface area (Å²) in [5.74, 6) is 0.506. The fraction of sp³-hybridized carbons (Fsp3) is 0.978. The van der Waals surface area contributed by atoms with E-state index in [1.54, 1.807) is 0 Å². The predicted molar refractivity (Wildman–Crippen MR) is 227 cm³/mol. The lowest BCUT2D eigenvalue weighted by Gasteiger charge is -2.40. The molecule has 0 aromatic carbocycles. The molecule has 0 saturated carbocycles. The third-order valence-electron chi connectivity index (χ3n) is 11.7. The molecule has 8 atom stereocenters. The average Bonchev–Trinajstić information content (AvgIpc) is 3.18. The first-order valence-corrected chi connectivity index (χ1v) is 23.7. The van der Waals surface area contributed by atoms with Crippen LogP contribution in [0.1, 0.15) is 220 Å². The Hall–Kier alpha value is -0.850. The van der Waals surface area contributed by atoms with E-state index in [0.29, 0.717) is 6.42 Å². The Bertz CT molecular complexity index is 878. The van der Waals surface area contributed by atoms with Gasteiger partial charge >= 0.3 is 0 Å². The summed E-state index contributed by atoms with van der Waals surface area (Å²) in [5.41, 5.74) is 0. The Labute approximate surface area is 343 Å². The number of nitrogens with one attached hydrogen (secondary N) is 1. The Morgan fingerprint density at radius 3 is 1.43 bits per heavy atom. The van der Waals surface area contributed by atoms with Crippen molar-refractivity contribution in [3.05, 3.63) is 0 Å². The highest BCUT2D eigenvalue weighted by molar-refractivity contribution is 5.76. The van der Waals surface area contributed by atoms with Crippen LogP contribution in [0.2, 0.25) is 0 Å². The molecule has 1 saturated heterocycles. The number of carbonyl (C=O) groups excluding carboxylic acids is 1. The minimum Gasteiger partial charge on any atom is -0.394 e. The lowest BCUT2D eigenvalue weighted by atomic mass is 9.98. The topological polar surface area (TPSA) is 169 Å². The van der Waals surface area contributed by atoms with Crippen LogP contribution >= 0.6 is 0 Å². The monoisotopic (exact) mass is 802 g/mol. The van der Waals surface area contributed by atoms with Crippen LogP contribution < -0.4 is 5.32 Å². The fourth-order valence-electron chi connectivity index (χ4n) is 7.85. The van der Waals surface area contributed by atoms with E-state index in [9.17, 15) is 35.4 Å². The highest BCUT2D eigenvalue weighted by atomic mass is 16.7. The van der Waals surface area contributed by atoms with Crippen molar-refractivity contribution in [3.63, 3.8) is 0 Å². The summed E-state index contributed by atoms with van der Waals surface area (Å²) in [6.07, 6.45) is 27.0. The minimum absolute atomic E-state index is 0.255. The number of aliphatic hydroxyl groups excluding tert-OH is 6. The van der Waals surface area contributed by atoms with Gasteiger partial charge in [-0.25, -0.2) is 0 Å². The van der Waals surface area contributed by atoms with Gasteiger partial charge in [0.25, 0.3) is 0 Å². The van der Waals surface area contributed by atoms with Gasteiger partial charge in [-0.05, 0) is 18.8 Å². The van der Waals surface area contributed by atoms with Gasteiger partial charge < -0.3 is 45.4 Å². The minimum atomic E-state index is -1.60. The number of rotatable bonds is 39. The Morgan fingerprint density at radius 1 is 0.589 bits per heavy atom. The van der Waals surface area contributed by atoms with Gasteiger partial charge in [0.15, 0.2) is 6.29 Å². The van der Waals surface area contributed by atoms with Gasteiger partial charge in [0.1, 0.15) is 30.5 Å². The van der Waals surface area contributed by atoms with Crippen molar-refractivity contribution in [3.8, 4) is 0 Å². The van der Waals surface area contributed by atoms with Gasteiger partial charge in [-0.15, -0.1) is 0 Å². The highest BCUT2D eigenvalue weighted by Gasteiger charge is 2.44. The maximum atomic E-state index is 13.0. The van der Waals surface area contributed by atoms with Crippen molar-refractivity contribution in [2.75, 3.05) is 13.2 Å². The van der Waals surface area contributed by atoms with Crippen molar-refractivity contribution >= 4 is 5.91 Å². The molecule has 0 aromatic heterocycles. The second-order valence-electron chi connectivity index (χ2n) is 17.5. The first-order valence-electron chi connectivity index (χ1n) is 23.7. The number of ether oxygens (including phenoxy) is 2. The lowest BCUT2D eigenvalue weighted by Crippen LogP contribution is -2.60. The first kappa shape index (κ1) is 53.2. The number of unbranched alkanes of at least 4 members (excludes halogenated alkanes) is 26. The normalized spacial score (nSPS) is 21.7. The molecule has 1 aliphatic heterocycles. The van der Waals surface area contributed by atoms with E-state index in [2.05, 4.69) is 26.1 Å². The van der Waals surface area contributed by atoms with Crippen molar-refractivity contribution in [1.29, 1.82) is 0 Å². The maximum Gasteiger partial charge on any atom is 0.220 e. The van der Waals surface area contributed by atoms with Crippen LogP contribution in [-0.2, 0) is 14.3 Å². The van der Waals surface area contributed by atoms with E-state index in [1.807, 2.05) is 0 Å². The number of hydrogen-bond donors (Lipinski definition) is 7. The lowest BCUT2D eigenvalue weighted by molar-refractivity contribution is -0.303. The molecule has 0 aromatic rings. The van der Waals surface area contributed by atoms with Crippen LogP contribution in [0, 0.1) is 5.92 Å². The molecule has 10 heteroatoms. The molecule has 1 aliphatic rings. The second kappa shape index (κ2) is 36.0. The van der Waals surface area contributed by atoms with Crippen molar-refractivity contribution in [1.82, 2.24) is 5.32 Å². The number of amides is 1. The summed E-state index contributed by atoms with van der Waals surface area (Å²) >= 11 is 0. The van der Waals surface area contributed by atoms with Crippen LogP contribution in [0.4, 0.5) is 0 Å². The molecular formula is C46H91NO9. The average molecular weight is 802 g/mol. The van der Waals surface area contributed by atoms with Gasteiger partial charge in [-0.1, -0.05) is 201 Å². The van der Waals surface area contributed by atoms with Gasteiger partial charge in [0.2, 0.25) is 5.91 Å². The van der Waals surface area contributed by atoms with Crippen LogP contribution in [0.5, 0.6) is 0 Å². The number of carbonyl (C=O) groups is 1. The largest absolute Gasteiger partial charge is 0.394 e. The molecule has 10 nitrogen and oxygen atoms in total. The second-order valence-corrected chi connectivity index (χ2v) is 17.5. The Morgan fingerprint density at radius 2 is 1.00 bits per heavy atom. The summed E-state index contributed by atoms with van der Waals surface area (Å²) in [6.45, 7) is 5.90. The van der Waals surface area contributed by atoms with Crippen LogP contribution in [-0.4, -0.2) is 98.7 Å². The zero-order chi connectivity index (χ0) is 41.2. The van der Waals surface area contributed by atoms with Crippen molar-refractivity contribution in [2.24, 2.45) is 5.92 Å². The third kappa shape index (κ3) is 27.0. The van der Waals surface area contributed by atoms with E-state index < -0.39 is 55.6 Å². The third-order valence-corrected chi connectivity index (χ3v) is 11.7. The quantitative estimate of drug-likeness (QED) is 0.0301. The fourth-order valence-corrected chi connectivity index (χ4v) is 7.85. The highest BCUT2D eigenvalue weighted by Crippen LogP contribution is 2.23. The molecule has 0 bridgehead atoms. The summed E-state index contributed by atoms with van der Waals surface area (Å²) in [4.78, 5) is 13.0. The molecule has 334 valence electrons. The van der Waals surface area contributed by atoms with Crippen molar-refractivity contribution in [2.45, 2.75) is 269 Å². The maximum absolute atomic E-state index is 13.0. The number of aliphatic hydroxyl groups is 6. The van der Waals surface area contributed by atoms with Gasteiger partial charge in [-0.2, -0.15) is 0 Å². The predicted octanol–water partition coefficient (Wildman–Crippen LogP) is 8.78. The molecule has 1 fully saturated rings. The van der Waals surface area contributed by atoms with Crippen LogP contribution in [0.3, 0.4) is 0 Å². The van der Waals surface area contributed by atoms with E-state index in [0.717, 1.165) is 50.9 Å². The Balaban J connectivity index is 2.33. The SMILES string of the molecule is CCCCCCCCCCCCCCCCCCCCCCC(=O)N[C@@H](CO[C@@H]1O[C@H](CO)[C@@H](O)[C@H](O)[C@H]1O)[C@H](O)[C@H](O)CCCCCCCCCCC(C)C. The molecule has 7 N–H and O–H groups in total. The van der Waals surface area contributed by atoms with Gasteiger partial charge in [0, 0.05) is 6.42 Å². The van der Waals surface area contributed by atoms with E-state index in [-0.39, 0.29) is 18.9 Å². The van der Waals surface area contributed by atoms with Crippen LogP contribution in [0.15, 0.2) is 0 Å². The van der Waals surface area contributed by atoms with Crippen molar-refractivity contribution < 1.29 is 44.9 Å². The molecule has 0 spiro atoms. The zero-order valence-corrected chi connectivity index (χ0v) is 36.4. The van der Waals surface area contributed by atoms with Crippen LogP contribution in [0.25, 0.3) is 0 Å². The Kier molecular flexibility index (Phi) is 34.2. The smallest absolute Gasteiger partial charge is 0.220 e. The molecular weight excluding hydrogens is 711 g/mol. The molecule has 0 aliphatic carbocycles. The van der Waals surface area contributed by atoms with Gasteiger partial charge in [0.05, 0.1) is 25.4 Å². The van der Waals surface area contributed by atoms with E-state index in [1.165, 1.54) is 141 Å². The van der Waals surface area contributed by atoms with E-state index >= 15 is 0 Å². The molecule has 1 heterocycles. The summed E-state index contributed by atoms with van der Waals surface area (Å²) in [5, 5.41) is 65.1. The zero-order valence-electron chi connectivity index (χ0n) is 36.4. The van der Waals surface area contributed by atoms with Gasteiger partial charge in [-0.3, -0.25) is 4.79 Å². The summed E-state index contributed by atoms with van der Waals surface area (Å²) < 4.78 is 11.2. The van der Waals surface area contributed by atoms with E-state index in [4.69, 9.17) is 9.47 Å². The summed E-state index contributed by atoms with van der Waals surface area (Å²) in [7, 11) is 0. The molecule has 1 rings (SSSR count). The first-order chi connectivity index (χ1) is 27.1. The number of hydrogen-bond acceptors (Lipinski definition) is 9. The molecule has 1 amide bonds. The summed E-state index contributed by atoms with van der Waals surface area (Å²) in [6, 6.07) is -0.985. The molecule has 0 unspecified atom stereocenters. The standard InChI is InChI=1S/C46H91NO9/c1-4-5-6-7-8-9-10-11-12-13-14-15-16-17-18-19-20-25-28-31-34-41(50)47-38(36-55-46-45(54)44(53)43(52)40(35-48)56-46)42(51)39(49)33-30-27-24-22-21-23-26-29-32-37(2)3/h37-40,42-46,48-49,51-54H,4-36H2,1-3H3,(H,47,50)/t38-,39+,40+,42-,43+,44-,45+,46+/m0/s1.